The van der Waals surface area contributed by atoms with Gasteiger partial charge in [0.2, 0.25) is 0 Å². The zero-order valence-corrected chi connectivity index (χ0v) is 19.9. The molecule has 1 atom stereocenters. The number of para-hydroxylation sites is 1. The van der Waals surface area contributed by atoms with Crippen molar-refractivity contribution in [3.8, 4) is 0 Å². The molecule has 35 heavy (non-hydrogen) atoms. The number of anilines is 1. The molecule has 2 radical (unpaired) electrons. The predicted octanol–water partition coefficient (Wildman–Crippen LogP) is 3.40. The molecule has 1 saturated heterocycles. The highest BCUT2D eigenvalue weighted by Crippen LogP contribution is 2.29. The van der Waals surface area contributed by atoms with E-state index in [4.69, 9.17) is 12.8 Å². The van der Waals surface area contributed by atoms with Gasteiger partial charge in [0.05, 0.1) is 5.69 Å². The fraction of sp³-hybridized carbons (Fsp3) is 0.296. The van der Waals surface area contributed by atoms with Gasteiger partial charge >= 0.3 is 0 Å². The molecule has 0 aliphatic carbocycles. The molecule has 4 aromatic heterocycles. The van der Waals surface area contributed by atoms with Crippen LogP contribution in [0.4, 0.5) is 5.82 Å². The van der Waals surface area contributed by atoms with Crippen molar-refractivity contribution in [2.75, 3.05) is 18.4 Å². The third-order valence-electron chi connectivity index (χ3n) is 7.08. The van der Waals surface area contributed by atoms with Crippen LogP contribution >= 0.6 is 0 Å². The average Bonchev–Trinajstić information content (AvgIpc) is 3.43. The average molecular weight is 461 g/mol. The monoisotopic (exact) mass is 461 g/mol. The van der Waals surface area contributed by atoms with Crippen molar-refractivity contribution in [1.82, 2.24) is 29.0 Å². The highest BCUT2D eigenvalue weighted by atomic mass is 15.3. The minimum Gasteiger partial charge on any atom is -0.366 e. The summed E-state index contributed by atoms with van der Waals surface area (Å²) in [6.45, 7) is 3.66. The van der Waals surface area contributed by atoms with Crippen molar-refractivity contribution < 1.29 is 0 Å². The molecular weight excluding hydrogens is 433 g/mol. The van der Waals surface area contributed by atoms with Gasteiger partial charge in [-0.25, -0.2) is 4.98 Å². The lowest BCUT2D eigenvalue weighted by Gasteiger charge is -2.32. The largest absolute Gasteiger partial charge is 0.366 e. The maximum atomic E-state index is 6.24. The van der Waals surface area contributed by atoms with Gasteiger partial charge in [0.15, 0.2) is 5.65 Å². The molecule has 0 bridgehead atoms. The Balaban J connectivity index is 1.25. The SMILES string of the molecule is [B]c1cnn2c(NCc3cccnc3)cc(C3CCCN(Cc4cc5ccccc5n4C)C3)nc12. The Bertz CT molecular complexity index is 1470. The van der Waals surface area contributed by atoms with E-state index in [1.165, 1.54) is 16.6 Å². The Hall–Kier alpha value is -3.65. The molecule has 0 spiro atoms. The standard InChI is InChI=1S/C27H28BN7/c1-33-22(12-20-7-2-3-9-25(20)33)18-34-11-5-8-21(17-34)24-13-26(30-15-19-6-4-10-29-14-19)35-27(32-24)23(28)16-31-35/h2-4,6-7,9-10,12-14,16,21,30H,5,8,11,15,17-18H2,1H3. The number of nitrogens with one attached hydrogen (secondary N) is 1. The van der Waals surface area contributed by atoms with Gasteiger partial charge in [0.1, 0.15) is 13.7 Å². The highest BCUT2D eigenvalue weighted by molar-refractivity contribution is 6.36. The van der Waals surface area contributed by atoms with Crippen LogP contribution in [0, 0.1) is 0 Å². The molecule has 1 N–H and O–H groups in total. The van der Waals surface area contributed by atoms with Crippen LogP contribution in [0.5, 0.6) is 0 Å². The molecule has 5 aromatic rings. The first-order chi connectivity index (χ1) is 17.2. The zero-order valence-electron chi connectivity index (χ0n) is 19.9. The summed E-state index contributed by atoms with van der Waals surface area (Å²) in [4.78, 5) is 11.7. The number of benzene rings is 1. The summed E-state index contributed by atoms with van der Waals surface area (Å²) in [5.41, 5.74) is 6.11. The van der Waals surface area contributed by atoms with Gasteiger partial charge in [-0.3, -0.25) is 9.88 Å². The fourth-order valence-electron chi connectivity index (χ4n) is 5.20. The topological polar surface area (TPSA) is 63.3 Å². The van der Waals surface area contributed by atoms with Gasteiger partial charge in [-0.2, -0.15) is 9.61 Å². The number of rotatable bonds is 6. The van der Waals surface area contributed by atoms with Gasteiger partial charge in [-0.15, -0.1) is 0 Å². The van der Waals surface area contributed by atoms with Crippen molar-refractivity contribution in [1.29, 1.82) is 0 Å². The van der Waals surface area contributed by atoms with E-state index < -0.39 is 0 Å². The van der Waals surface area contributed by atoms with Gasteiger partial charge in [0, 0.05) is 68.5 Å². The lowest BCUT2D eigenvalue weighted by atomic mass is 9.93. The third-order valence-corrected chi connectivity index (χ3v) is 7.08. The summed E-state index contributed by atoms with van der Waals surface area (Å²) in [7, 11) is 8.40. The molecule has 1 fully saturated rings. The number of aromatic nitrogens is 5. The number of fused-ring (bicyclic) bond motifs is 2. The predicted molar refractivity (Wildman–Crippen MR) is 140 cm³/mol. The number of likely N-dealkylation sites (tertiary alicyclic amines) is 1. The summed E-state index contributed by atoms with van der Waals surface area (Å²) in [5.74, 6) is 1.24. The summed E-state index contributed by atoms with van der Waals surface area (Å²) < 4.78 is 4.11. The molecule has 174 valence electrons. The van der Waals surface area contributed by atoms with Gasteiger partial charge in [-0.05, 0) is 54.0 Å². The first-order valence-electron chi connectivity index (χ1n) is 12.2. The molecule has 1 aliphatic heterocycles. The van der Waals surface area contributed by atoms with Crippen LogP contribution in [0.15, 0.2) is 67.1 Å². The third kappa shape index (κ3) is 4.30. The van der Waals surface area contributed by atoms with E-state index in [2.05, 4.69) is 74.4 Å². The second-order valence-corrected chi connectivity index (χ2v) is 9.44. The summed E-state index contributed by atoms with van der Waals surface area (Å²) in [6.07, 6.45) is 7.59. The van der Waals surface area contributed by atoms with Crippen LogP contribution in [0.25, 0.3) is 16.6 Å². The van der Waals surface area contributed by atoms with Crippen molar-refractivity contribution >= 4 is 35.7 Å². The maximum absolute atomic E-state index is 6.24. The first kappa shape index (κ1) is 21.9. The van der Waals surface area contributed by atoms with Crippen LogP contribution in [0.2, 0.25) is 0 Å². The number of hydrogen-bond acceptors (Lipinski definition) is 5. The first-order valence-corrected chi connectivity index (χ1v) is 12.2. The van der Waals surface area contributed by atoms with Gasteiger partial charge < -0.3 is 9.88 Å². The number of piperidine rings is 1. The minimum absolute atomic E-state index is 0.344. The summed E-state index contributed by atoms with van der Waals surface area (Å²) >= 11 is 0. The summed E-state index contributed by atoms with van der Waals surface area (Å²) in [6, 6.07) is 17.0. The molecule has 0 saturated carbocycles. The Kier molecular flexibility index (Phi) is 5.74. The number of nitrogens with zero attached hydrogens (tertiary/aromatic N) is 6. The van der Waals surface area contributed by atoms with Crippen LogP contribution in [-0.4, -0.2) is 50.0 Å². The number of pyridine rings is 1. The van der Waals surface area contributed by atoms with E-state index in [9.17, 15) is 0 Å². The van der Waals surface area contributed by atoms with Crippen molar-refractivity contribution in [3.05, 3.63) is 84.1 Å². The van der Waals surface area contributed by atoms with E-state index in [0.29, 0.717) is 23.6 Å². The van der Waals surface area contributed by atoms with E-state index in [1.54, 1.807) is 16.9 Å². The summed E-state index contributed by atoms with van der Waals surface area (Å²) in [5, 5.41) is 9.27. The maximum Gasteiger partial charge on any atom is 0.150 e. The smallest absolute Gasteiger partial charge is 0.150 e. The number of hydrogen-bond donors (Lipinski definition) is 1. The van der Waals surface area contributed by atoms with Gasteiger partial charge in [-0.1, -0.05) is 24.3 Å². The van der Waals surface area contributed by atoms with Gasteiger partial charge in [0.25, 0.3) is 0 Å². The Morgan fingerprint density at radius 1 is 1.11 bits per heavy atom. The lowest BCUT2D eigenvalue weighted by molar-refractivity contribution is 0.195. The van der Waals surface area contributed by atoms with Crippen LogP contribution < -0.4 is 10.8 Å². The molecule has 8 heteroatoms. The second-order valence-electron chi connectivity index (χ2n) is 9.44. The molecule has 1 aliphatic rings. The molecular formula is C27H28BN7. The molecule has 0 amide bonds. The number of aryl methyl sites for hydroxylation is 1. The Morgan fingerprint density at radius 3 is 2.89 bits per heavy atom. The molecule has 6 rings (SSSR count). The van der Waals surface area contributed by atoms with Crippen LogP contribution in [0.1, 0.15) is 35.7 Å². The van der Waals surface area contributed by atoms with E-state index in [-0.39, 0.29) is 0 Å². The lowest BCUT2D eigenvalue weighted by Crippen LogP contribution is -2.34. The van der Waals surface area contributed by atoms with Crippen molar-refractivity contribution in [3.63, 3.8) is 0 Å². The Labute approximate surface area is 206 Å². The quantitative estimate of drug-likeness (QED) is 0.393. The normalized spacial score (nSPS) is 16.8. The molecule has 7 nitrogen and oxygen atoms in total. The highest BCUT2D eigenvalue weighted by Gasteiger charge is 2.25. The van der Waals surface area contributed by atoms with E-state index >= 15 is 0 Å². The van der Waals surface area contributed by atoms with E-state index in [1.807, 2.05) is 12.3 Å². The molecule has 5 heterocycles. The van der Waals surface area contributed by atoms with Crippen molar-refractivity contribution in [2.45, 2.75) is 31.8 Å². The van der Waals surface area contributed by atoms with Crippen molar-refractivity contribution in [2.24, 2.45) is 7.05 Å². The fourth-order valence-corrected chi connectivity index (χ4v) is 5.20. The second kappa shape index (κ2) is 9.19. The Morgan fingerprint density at radius 2 is 2.03 bits per heavy atom. The molecule has 1 unspecified atom stereocenters. The van der Waals surface area contributed by atoms with Crippen LogP contribution in [0.3, 0.4) is 0 Å². The minimum atomic E-state index is 0.344. The van der Waals surface area contributed by atoms with E-state index in [0.717, 1.165) is 49.6 Å². The zero-order chi connectivity index (χ0) is 23.8. The molecule has 1 aromatic carbocycles. The van der Waals surface area contributed by atoms with Crippen LogP contribution in [-0.2, 0) is 20.1 Å².